The minimum Gasteiger partial charge on any atom is -0.465 e. The van der Waals surface area contributed by atoms with Crippen LogP contribution in [0.2, 0.25) is 0 Å². The molecule has 0 saturated carbocycles. The molecule has 0 amide bonds. The molecule has 9 nitrogen and oxygen atoms in total. The predicted molar refractivity (Wildman–Crippen MR) is 97.2 cm³/mol. The number of anilines is 3. The molecule has 0 saturated heterocycles. The number of hydrogen-bond donors (Lipinski definition) is 3. The summed E-state index contributed by atoms with van der Waals surface area (Å²) in [5.74, 6) is 0.880. The van der Waals surface area contributed by atoms with Crippen molar-refractivity contribution >= 4 is 30.0 Å². The van der Waals surface area contributed by atoms with Gasteiger partial charge in [-0.1, -0.05) is 12.1 Å². The maximum atomic E-state index is 11.4. The molecule has 2 rings (SSSR count). The molecular formula is C16H21N7O2. The van der Waals surface area contributed by atoms with Gasteiger partial charge in [0.15, 0.2) is 0 Å². The van der Waals surface area contributed by atoms with Gasteiger partial charge in [0, 0.05) is 13.1 Å². The molecule has 2 aromatic rings. The SMILES string of the molecule is CCNc1nc(NCC)nc(N/N=C\c2ccc(C(=O)OC)cc2)n1. The lowest BCUT2D eigenvalue weighted by atomic mass is 10.1. The Kier molecular flexibility index (Phi) is 6.64. The number of nitrogens with zero attached hydrogens (tertiary/aromatic N) is 4. The standard InChI is InChI=1S/C16H21N7O2/c1-4-17-14-20-15(18-5-2)22-16(21-14)23-19-10-11-6-8-12(9-7-11)13(24)25-3/h6-10H,4-5H2,1-3H3,(H3,17,18,20,21,22,23)/b19-10-. The summed E-state index contributed by atoms with van der Waals surface area (Å²) in [5, 5.41) is 10.2. The fourth-order valence-corrected chi connectivity index (χ4v) is 1.89. The van der Waals surface area contributed by atoms with Crippen LogP contribution in [0.25, 0.3) is 0 Å². The van der Waals surface area contributed by atoms with Crippen molar-refractivity contribution in [1.82, 2.24) is 15.0 Å². The van der Waals surface area contributed by atoms with Crippen LogP contribution in [0.15, 0.2) is 29.4 Å². The minimum atomic E-state index is -0.376. The highest BCUT2D eigenvalue weighted by molar-refractivity contribution is 5.90. The molecule has 0 unspecified atom stereocenters. The monoisotopic (exact) mass is 343 g/mol. The molecule has 1 heterocycles. The number of methoxy groups -OCH3 is 1. The summed E-state index contributed by atoms with van der Waals surface area (Å²) in [5.41, 5.74) is 4.07. The average molecular weight is 343 g/mol. The molecule has 132 valence electrons. The van der Waals surface area contributed by atoms with Crippen molar-refractivity contribution in [2.24, 2.45) is 5.10 Å². The van der Waals surface area contributed by atoms with Gasteiger partial charge in [0.2, 0.25) is 17.8 Å². The smallest absolute Gasteiger partial charge is 0.337 e. The van der Waals surface area contributed by atoms with Crippen molar-refractivity contribution in [3.05, 3.63) is 35.4 Å². The minimum absolute atomic E-state index is 0.323. The first-order valence-electron chi connectivity index (χ1n) is 7.87. The highest BCUT2D eigenvalue weighted by Gasteiger charge is 2.05. The quantitative estimate of drug-likeness (QED) is 0.379. The molecule has 0 fully saturated rings. The molecular weight excluding hydrogens is 322 g/mol. The number of hydrogen-bond acceptors (Lipinski definition) is 9. The van der Waals surface area contributed by atoms with E-state index in [0.29, 0.717) is 36.5 Å². The molecule has 0 atom stereocenters. The molecule has 0 spiro atoms. The van der Waals surface area contributed by atoms with E-state index in [1.807, 2.05) is 13.8 Å². The first kappa shape index (κ1) is 18.1. The van der Waals surface area contributed by atoms with Crippen LogP contribution < -0.4 is 16.1 Å². The maximum Gasteiger partial charge on any atom is 0.337 e. The Morgan fingerprint density at radius 2 is 1.60 bits per heavy atom. The van der Waals surface area contributed by atoms with Gasteiger partial charge in [0.05, 0.1) is 18.9 Å². The number of aromatic nitrogens is 3. The van der Waals surface area contributed by atoms with Crippen LogP contribution in [0.5, 0.6) is 0 Å². The van der Waals surface area contributed by atoms with E-state index >= 15 is 0 Å². The Labute approximate surface area is 145 Å². The Hall–Kier alpha value is -3.23. The number of rotatable bonds is 8. The second kappa shape index (κ2) is 9.16. The molecule has 0 bridgehead atoms. The zero-order chi connectivity index (χ0) is 18.1. The fraction of sp³-hybridized carbons (Fsp3) is 0.312. The van der Waals surface area contributed by atoms with Crippen LogP contribution in [0.1, 0.15) is 29.8 Å². The summed E-state index contributed by atoms with van der Waals surface area (Å²) in [4.78, 5) is 24.1. The first-order valence-corrected chi connectivity index (χ1v) is 7.87. The van der Waals surface area contributed by atoms with Gasteiger partial charge in [-0.05, 0) is 31.5 Å². The molecule has 1 aromatic heterocycles. The number of ether oxygens (including phenoxy) is 1. The van der Waals surface area contributed by atoms with Crippen LogP contribution in [-0.2, 0) is 4.74 Å². The normalized spacial score (nSPS) is 10.5. The van der Waals surface area contributed by atoms with Gasteiger partial charge in [0.1, 0.15) is 0 Å². The number of esters is 1. The summed E-state index contributed by atoms with van der Waals surface area (Å²) in [6.07, 6.45) is 1.60. The molecule has 0 aliphatic rings. The molecule has 9 heteroatoms. The number of carbonyl (C=O) groups is 1. The molecule has 0 radical (unpaired) electrons. The molecule has 3 N–H and O–H groups in total. The Balaban J connectivity index is 2.06. The van der Waals surface area contributed by atoms with E-state index in [1.54, 1.807) is 30.5 Å². The van der Waals surface area contributed by atoms with Crippen LogP contribution in [0, 0.1) is 0 Å². The predicted octanol–water partition coefficient (Wildman–Crippen LogP) is 1.97. The highest BCUT2D eigenvalue weighted by Crippen LogP contribution is 2.09. The zero-order valence-electron chi connectivity index (χ0n) is 14.4. The number of benzene rings is 1. The Morgan fingerprint density at radius 3 is 2.12 bits per heavy atom. The van der Waals surface area contributed by atoms with Gasteiger partial charge in [-0.25, -0.2) is 10.2 Å². The number of nitrogens with one attached hydrogen (secondary N) is 3. The van der Waals surface area contributed by atoms with Gasteiger partial charge in [-0.3, -0.25) is 0 Å². The third kappa shape index (κ3) is 5.41. The van der Waals surface area contributed by atoms with Crippen LogP contribution in [-0.4, -0.2) is 47.3 Å². The summed E-state index contributed by atoms with van der Waals surface area (Å²) in [7, 11) is 1.35. The Bertz CT molecular complexity index is 708. The van der Waals surface area contributed by atoms with Crippen molar-refractivity contribution in [1.29, 1.82) is 0 Å². The highest BCUT2D eigenvalue weighted by atomic mass is 16.5. The molecule has 25 heavy (non-hydrogen) atoms. The summed E-state index contributed by atoms with van der Waals surface area (Å²) in [6.45, 7) is 5.32. The molecule has 0 aliphatic carbocycles. The lowest BCUT2D eigenvalue weighted by Gasteiger charge is -2.07. The van der Waals surface area contributed by atoms with Gasteiger partial charge in [0.25, 0.3) is 0 Å². The van der Waals surface area contributed by atoms with E-state index in [0.717, 1.165) is 5.56 Å². The van der Waals surface area contributed by atoms with Gasteiger partial charge in [-0.15, -0.1) is 0 Å². The second-order valence-corrected chi connectivity index (χ2v) is 4.85. The lowest BCUT2D eigenvalue weighted by Crippen LogP contribution is -2.10. The topological polar surface area (TPSA) is 113 Å². The summed E-state index contributed by atoms with van der Waals surface area (Å²) >= 11 is 0. The average Bonchev–Trinajstić information content (AvgIpc) is 2.62. The van der Waals surface area contributed by atoms with Crippen molar-refractivity contribution in [2.75, 3.05) is 36.3 Å². The fourth-order valence-electron chi connectivity index (χ4n) is 1.89. The third-order valence-electron chi connectivity index (χ3n) is 3.02. The van der Waals surface area contributed by atoms with E-state index < -0.39 is 0 Å². The summed E-state index contributed by atoms with van der Waals surface area (Å²) < 4.78 is 4.66. The van der Waals surface area contributed by atoms with Crippen LogP contribution in [0.4, 0.5) is 17.8 Å². The molecule has 1 aromatic carbocycles. The van der Waals surface area contributed by atoms with E-state index in [1.165, 1.54) is 7.11 Å². The third-order valence-corrected chi connectivity index (χ3v) is 3.02. The number of carbonyl (C=O) groups excluding carboxylic acids is 1. The first-order chi connectivity index (χ1) is 12.2. The van der Waals surface area contributed by atoms with E-state index in [-0.39, 0.29) is 5.97 Å². The largest absolute Gasteiger partial charge is 0.465 e. The van der Waals surface area contributed by atoms with Crippen LogP contribution >= 0.6 is 0 Å². The van der Waals surface area contributed by atoms with Crippen molar-refractivity contribution in [3.63, 3.8) is 0 Å². The van der Waals surface area contributed by atoms with Gasteiger partial charge < -0.3 is 15.4 Å². The van der Waals surface area contributed by atoms with Gasteiger partial charge >= 0.3 is 5.97 Å². The summed E-state index contributed by atoms with van der Waals surface area (Å²) in [6, 6.07) is 6.86. The van der Waals surface area contributed by atoms with Crippen LogP contribution in [0.3, 0.4) is 0 Å². The zero-order valence-corrected chi connectivity index (χ0v) is 14.4. The van der Waals surface area contributed by atoms with Crippen molar-refractivity contribution < 1.29 is 9.53 Å². The van der Waals surface area contributed by atoms with E-state index in [9.17, 15) is 4.79 Å². The van der Waals surface area contributed by atoms with E-state index in [4.69, 9.17) is 0 Å². The van der Waals surface area contributed by atoms with E-state index in [2.05, 4.69) is 40.8 Å². The maximum absolute atomic E-state index is 11.4. The van der Waals surface area contributed by atoms with Crippen molar-refractivity contribution in [2.45, 2.75) is 13.8 Å². The molecule has 0 aliphatic heterocycles. The second-order valence-electron chi connectivity index (χ2n) is 4.85. The van der Waals surface area contributed by atoms with Gasteiger partial charge in [-0.2, -0.15) is 20.1 Å². The Morgan fingerprint density at radius 1 is 1.04 bits per heavy atom. The van der Waals surface area contributed by atoms with Crippen molar-refractivity contribution in [3.8, 4) is 0 Å². The lowest BCUT2D eigenvalue weighted by molar-refractivity contribution is 0.0600. The number of hydrazone groups is 1.